The van der Waals surface area contributed by atoms with Crippen LogP contribution < -0.4 is 0 Å². The summed E-state index contributed by atoms with van der Waals surface area (Å²) < 4.78 is 21.4. The van der Waals surface area contributed by atoms with E-state index in [1.807, 2.05) is 13.8 Å². The van der Waals surface area contributed by atoms with E-state index < -0.39 is 11.1 Å². The lowest BCUT2D eigenvalue weighted by Crippen LogP contribution is -2.15. The fourth-order valence-electron chi connectivity index (χ4n) is 3.16. The molecule has 2 rings (SSSR count). The Labute approximate surface area is 125 Å². The van der Waals surface area contributed by atoms with Gasteiger partial charge in [-0.3, -0.25) is 0 Å². The van der Waals surface area contributed by atoms with Gasteiger partial charge in [-0.05, 0) is 79.2 Å². The molecular weight excluding hydrogens is 268 g/mol. The summed E-state index contributed by atoms with van der Waals surface area (Å²) >= 11 is -1.90. The van der Waals surface area contributed by atoms with E-state index in [-0.39, 0.29) is 5.41 Å². The van der Waals surface area contributed by atoms with Crippen LogP contribution in [0.25, 0.3) is 0 Å². The molecule has 3 heteroatoms. The molecule has 20 heavy (non-hydrogen) atoms. The summed E-state index contributed by atoms with van der Waals surface area (Å²) in [5, 5.41) is 0. The fraction of sp³-hybridized carbons (Fsp3) is 0.647. The van der Waals surface area contributed by atoms with Crippen molar-refractivity contribution in [1.29, 1.82) is 0 Å². The van der Waals surface area contributed by atoms with Crippen molar-refractivity contribution in [2.24, 2.45) is 5.41 Å². The molecule has 1 unspecified atom stereocenters. The Balaban J connectivity index is 2.71. The number of rotatable bonds is 3. The van der Waals surface area contributed by atoms with Gasteiger partial charge in [0.1, 0.15) is 0 Å². The van der Waals surface area contributed by atoms with Crippen molar-refractivity contribution in [3.63, 3.8) is 0 Å². The third-order valence-corrected chi connectivity index (χ3v) is 5.25. The van der Waals surface area contributed by atoms with Crippen molar-refractivity contribution in [1.82, 2.24) is 0 Å². The zero-order chi connectivity index (χ0) is 15.2. The first-order valence-electron chi connectivity index (χ1n) is 7.37. The highest BCUT2D eigenvalue weighted by Gasteiger charge is 2.32. The third kappa shape index (κ3) is 2.99. The summed E-state index contributed by atoms with van der Waals surface area (Å²) in [7, 11) is 0. The van der Waals surface area contributed by atoms with Crippen LogP contribution in [-0.4, -0.2) is 8.76 Å². The lowest BCUT2D eigenvalue weighted by Gasteiger charge is -2.26. The highest BCUT2D eigenvalue weighted by atomic mass is 32.2. The Morgan fingerprint density at radius 1 is 1.10 bits per heavy atom. The molecule has 0 aromatic heterocycles. The van der Waals surface area contributed by atoms with Gasteiger partial charge in [-0.2, -0.15) is 0 Å². The fourth-order valence-corrected chi connectivity index (χ4v) is 3.96. The average Bonchev–Trinajstić information content (AvgIpc) is 3.08. The minimum atomic E-state index is -1.90. The lowest BCUT2D eigenvalue weighted by atomic mass is 9.81. The Hall–Kier alpha value is -0.670. The minimum absolute atomic E-state index is 0.185. The molecule has 1 aliphatic rings. The summed E-state index contributed by atoms with van der Waals surface area (Å²) in [4.78, 5) is 0.631. The molecule has 0 aliphatic heterocycles. The van der Waals surface area contributed by atoms with Gasteiger partial charge in [0.15, 0.2) is 11.1 Å². The number of hydrogen-bond acceptors (Lipinski definition) is 1. The van der Waals surface area contributed by atoms with Crippen LogP contribution in [-0.2, 0) is 17.5 Å². The summed E-state index contributed by atoms with van der Waals surface area (Å²) in [5.41, 5.74) is 6.23. The standard InChI is InChI=1S/C17H26O2S/c1-10-11(2)16(20(18)19)12(3)14(9-17(4,5)6)15(10)13-7-8-13/h13H,7-9H2,1-6H3,(H,18,19). The molecule has 0 amide bonds. The van der Waals surface area contributed by atoms with E-state index in [2.05, 4.69) is 27.7 Å². The van der Waals surface area contributed by atoms with Gasteiger partial charge in [0.25, 0.3) is 0 Å². The Morgan fingerprint density at radius 2 is 1.65 bits per heavy atom. The molecule has 1 N–H and O–H groups in total. The second-order valence-electron chi connectivity index (χ2n) is 7.36. The zero-order valence-electron chi connectivity index (χ0n) is 13.5. The molecule has 1 saturated carbocycles. The lowest BCUT2D eigenvalue weighted by molar-refractivity contribution is 0.408. The maximum atomic E-state index is 11.7. The molecule has 2 nitrogen and oxygen atoms in total. The molecule has 0 saturated heterocycles. The predicted octanol–water partition coefficient (Wildman–Crippen LogP) is 4.66. The van der Waals surface area contributed by atoms with Gasteiger partial charge in [0, 0.05) is 0 Å². The first-order valence-corrected chi connectivity index (χ1v) is 8.47. The van der Waals surface area contributed by atoms with Gasteiger partial charge in [-0.15, -0.1) is 0 Å². The minimum Gasteiger partial charge on any atom is -0.302 e. The monoisotopic (exact) mass is 294 g/mol. The van der Waals surface area contributed by atoms with Crippen LogP contribution in [0.5, 0.6) is 0 Å². The van der Waals surface area contributed by atoms with Crippen LogP contribution in [0.1, 0.15) is 67.3 Å². The van der Waals surface area contributed by atoms with Crippen molar-refractivity contribution >= 4 is 11.1 Å². The first kappa shape index (κ1) is 15.7. The van der Waals surface area contributed by atoms with E-state index in [9.17, 15) is 8.76 Å². The maximum Gasteiger partial charge on any atom is 0.187 e. The molecular formula is C17H26O2S. The molecule has 0 spiro atoms. The number of benzene rings is 1. The highest BCUT2D eigenvalue weighted by molar-refractivity contribution is 7.79. The van der Waals surface area contributed by atoms with E-state index >= 15 is 0 Å². The molecule has 1 aliphatic carbocycles. The van der Waals surface area contributed by atoms with Crippen LogP contribution in [0.2, 0.25) is 0 Å². The maximum absolute atomic E-state index is 11.7. The molecule has 1 aromatic carbocycles. The van der Waals surface area contributed by atoms with E-state index in [1.54, 1.807) is 0 Å². The van der Waals surface area contributed by atoms with Crippen molar-refractivity contribution in [2.45, 2.75) is 71.6 Å². The van der Waals surface area contributed by atoms with Crippen LogP contribution in [0.4, 0.5) is 0 Å². The zero-order valence-corrected chi connectivity index (χ0v) is 14.3. The van der Waals surface area contributed by atoms with Gasteiger partial charge in [-0.1, -0.05) is 20.8 Å². The highest BCUT2D eigenvalue weighted by Crippen LogP contribution is 2.47. The second-order valence-corrected chi connectivity index (χ2v) is 8.26. The Kier molecular flexibility index (Phi) is 4.14. The first-order chi connectivity index (χ1) is 9.13. The SMILES string of the molecule is Cc1c(C)c(S(=O)O)c(C)c(CC(C)(C)C)c1C1CC1. The molecule has 1 fully saturated rings. The van der Waals surface area contributed by atoms with E-state index in [0.717, 1.165) is 17.5 Å². The summed E-state index contributed by atoms with van der Waals surface area (Å²) in [6.45, 7) is 12.8. The smallest absolute Gasteiger partial charge is 0.187 e. The van der Waals surface area contributed by atoms with Gasteiger partial charge in [0.05, 0.1) is 4.90 Å². The number of hydrogen-bond donors (Lipinski definition) is 1. The van der Waals surface area contributed by atoms with E-state index in [1.165, 1.54) is 29.5 Å². The Morgan fingerprint density at radius 3 is 2.05 bits per heavy atom. The van der Waals surface area contributed by atoms with Crippen LogP contribution >= 0.6 is 0 Å². The third-order valence-electron chi connectivity index (χ3n) is 4.29. The topological polar surface area (TPSA) is 37.3 Å². The van der Waals surface area contributed by atoms with Gasteiger partial charge in [-0.25, -0.2) is 4.21 Å². The average molecular weight is 294 g/mol. The van der Waals surface area contributed by atoms with Gasteiger partial charge >= 0.3 is 0 Å². The van der Waals surface area contributed by atoms with Crippen molar-refractivity contribution in [3.05, 3.63) is 27.8 Å². The molecule has 112 valence electrons. The van der Waals surface area contributed by atoms with Crippen LogP contribution in [0, 0.1) is 26.2 Å². The van der Waals surface area contributed by atoms with E-state index in [4.69, 9.17) is 0 Å². The van der Waals surface area contributed by atoms with Gasteiger partial charge < -0.3 is 4.55 Å². The van der Waals surface area contributed by atoms with Crippen LogP contribution in [0.15, 0.2) is 4.90 Å². The largest absolute Gasteiger partial charge is 0.302 e. The normalized spacial score (nSPS) is 17.4. The Bertz CT molecular complexity index is 564. The second kappa shape index (κ2) is 5.27. The summed E-state index contributed by atoms with van der Waals surface area (Å²) in [5.74, 6) is 0.672. The molecule has 0 heterocycles. The molecule has 0 bridgehead atoms. The summed E-state index contributed by atoms with van der Waals surface area (Å²) in [6, 6.07) is 0. The van der Waals surface area contributed by atoms with Crippen molar-refractivity contribution in [2.75, 3.05) is 0 Å². The van der Waals surface area contributed by atoms with Gasteiger partial charge in [0.2, 0.25) is 0 Å². The molecule has 0 radical (unpaired) electrons. The van der Waals surface area contributed by atoms with E-state index in [0.29, 0.717) is 10.8 Å². The molecule has 1 aromatic rings. The summed E-state index contributed by atoms with van der Waals surface area (Å²) in [6.07, 6.45) is 3.49. The molecule has 1 atom stereocenters. The quantitative estimate of drug-likeness (QED) is 0.823. The van der Waals surface area contributed by atoms with Crippen LogP contribution in [0.3, 0.4) is 0 Å². The van der Waals surface area contributed by atoms with Crippen molar-refractivity contribution < 1.29 is 8.76 Å². The predicted molar refractivity (Wildman–Crippen MR) is 84.8 cm³/mol. The van der Waals surface area contributed by atoms with Crippen molar-refractivity contribution in [3.8, 4) is 0 Å².